The number of carbonyl (C=O) groups is 3. The molecule has 0 N–H and O–H groups in total. The van der Waals surface area contributed by atoms with E-state index < -0.39 is 35.7 Å². The van der Waals surface area contributed by atoms with Gasteiger partial charge in [0.2, 0.25) is 0 Å². The molecule has 6 nitrogen and oxygen atoms in total. The summed E-state index contributed by atoms with van der Waals surface area (Å²) < 4.78 is 16.1. The summed E-state index contributed by atoms with van der Waals surface area (Å²) in [5.41, 5.74) is 0.795. The predicted molar refractivity (Wildman–Crippen MR) is 61.8 cm³/mol. The van der Waals surface area contributed by atoms with Crippen LogP contribution < -0.4 is 0 Å². The van der Waals surface area contributed by atoms with Gasteiger partial charge in [-0.1, -0.05) is 0 Å². The number of allylic oxidation sites excluding steroid dienone is 4. The first-order valence-electron chi connectivity index (χ1n) is 5.72. The van der Waals surface area contributed by atoms with Gasteiger partial charge >= 0.3 is 116 Å². The monoisotopic (exact) mass is 304 g/mol. The van der Waals surface area contributed by atoms with Crippen molar-refractivity contribution in [2.75, 3.05) is 0 Å². The van der Waals surface area contributed by atoms with E-state index in [9.17, 15) is 14.4 Å². The normalized spacial score (nSPS) is 14.3. The predicted octanol–water partition coefficient (Wildman–Crippen LogP) is 1.81. The molecule has 19 heavy (non-hydrogen) atoms. The molecule has 104 valence electrons. The Morgan fingerprint density at radius 1 is 1.00 bits per heavy atom. The third-order valence-electron chi connectivity index (χ3n) is 2.37. The Morgan fingerprint density at radius 2 is 1.42 bits per heavy atom. The number of hydrogen-bond acceptors (Lipinski definition) is 6. The molecular formula is C12H16O6Ti. The number of hydrogen-bond donors (Lipinski definition) is 0. The summed E-state index contributed by atoms with van der Waals surface area (Å²) in [6.45, 7) is 5.34. The molecule has 0 aliphatic heterocycles. The van der Waals surface area contributed by atoms with Gasteiger partial charge in [0.1, 0.15) is 0 Å². The molecule has 0 aromatic carbocycles. The molecule has 0 aromatic rings. The van der Waals surface area contributed by atoms with E-state index in [4.69, 9.17) is 9.96 Å². The van der Waals surface area contributed by atoms with Crippen molar-refractivity contribution < 1.29 is 42.1 Å². The fraction of sp³-hybridized carbons (Fsp3) is 0.417. The van der Waals surface area contributed by atoms with Gasteiger partial charge in [0, 0.05) is 0 Å². The van der Waals surface area contributed by atoms with Crippen molar-refractivity contribution in [2.24, 2.45) is 0 Å². The van der Waals surface area contributed by atoms with Crippen LogP contribution in [0.4, 0.5) is 0 Å². The molecule has 0 saturated heterocycles. The standard InChI is InChI=1S/C6H7.3C2H4O2.Ti/c1-6-4-2-3-5-6;3*1-2(3)4;/h2,4H,3H2,1H3;3*1H3,(H,3,4);/q;;;;+3/p-3. The molecule has 0 unspecified atom stereocenters. The average Bonchev–Trinajstić information content (AvgIpc) is 2.61. The fourth-order valence-corrected chi connectivity index (χ4v) is 5.80. The molecule has 1 aliphatic rings. The SMILES string of the molecule is CC(=O)[O][Ti]([O]C(C)=O)([O]C(C)=O)[C]1=C(C)C=CC1. The van der Waals surface area contributed by atoms with Crippen LogP contribution in [0.15, 0.2) is 21.6 Å². The molecule has 0 radical (unpaired) electrons. The molecule has 0 amide bonds. The van der Waals surface area contributed by atoms with Crippen molar-refractivity contribution >= 4 is 17.9 Å². The number of rotatable bonds is 4. The van der Waals surface area contributed by atoms with Crippen molar-refractivity contribution in [1.29, 1.82) is 0 Å². The van der Waals surface area contributed by atoms with Gasteiger partial charge in [-0.25, -0.2) is 0 Å². The molecular weight excluding hydrogens is 288 g/mol. The average molecular weight is 304 g/mol. The third-order valence-corrected chi connectivity index (χ3v) is 7.06. The van der Waals surface area contributed by atoms with Gasteiger partial charge in [0.25, 0.3) is 0 Å². The van der Waals surface area contributed by atoms with Crippen LogP contribution in [0, 0.1) is 0 Å². The van der Waals surface area contributed by atoms with Gasteiger partial charge in [-0.2, -0.15) is 0 Å². The molecule has 0 saturated carbocycles. The molecule has 1 rings (SSSR count). The Bertz CT molecular complexity index is 436. The maximum absolute atomic E-state index is 11.3. The first-order chi connectivity index (χ1) is 8.77. The molecule has 0 atom stereocenters. The second-order valence-electron chi connectivity index (χ2n) is 4.11. The van der Waals surface area contributed by atoms with Crippen molar-refractivity contribution in [1.82, 2.24) is 0 Å². The maximum atomic E-state index is 11.3. The molecule has 0 bridgehead atoms. The van der Waals surface area contributed by atoms with Crippen LogP contribution in [0.2, 0.25) is 0 Å². The zero-order valence-electron chi connectivity index (χ0n) is 11.3. The van der Waals surface area contributed by atoms with E-state index in [1.165, 1.54) is 20.8 Å². The van der Waals surface area contributed by atoms with E-state index in [0.29, 0.717) is 10.3 Å². The first kappa shape index (κ1) is 15.7. The second-order valence-corrected chi connectivity index (χ2v) is 7.74. The Labute approximate surface area is 116 Å². The van der Waals surface area contributed by atoms with Crippen LogP contribution >= 0.6 is 0 Å². The quantitative estimate of drug-likeness (QED) is 0.737. The van der Waals surface area contributed by atoms with Gasteiger partial charge in [-0.15, -0.1) is 0 Å². The van der Waals surface area contributed by atoms with E-state index in [0.717, 1.165) is 5.57 Å². The van der Waals surface area contributed by atoms with Gasteiger partial charge in [-0.3, -0.25) is 0 Å². The van der Waals surface area contributed by atoms with Crippen LogP contribution in [-0.4, -0.2) is 17.9 Å². The van der Waals surface area contributed by atoms with Crippen LogP contribution in [0.3, 0.4) is 0 Å². The van der Waals surface area contributed by atoms with Crippen LogP contribution in [0.5, 0.6) is 0 Å². The van der Waals surface area contributed by atoms with Crippen LogP contribution in [-0.2, 0) is 42.1 Å². The Morgan fingerprint density at radius 3 is 1.68 bits per heavy atom. The molecule has 0 spiro atoms. The van der Waals surface area contributed by atoms with E-state index in [1.807, 2.05) is 12.2 Å². The molecule has 0 heterocycles. The molecule has 1 aliphatic carbocycles. The zero-order valence-corrected chi connectivity index (χ0v) is 12.9. The van der Waals surface area contributed by atoms with E-state index in [2.05, 4.69) is 0 Å². The van der Waals surface area contributed by atoms with Crippen molar-refractivity contribution in [3.05, 3.63) is 21.6 Å². The summed E-state index contributed by atoms with van der Waals surface area (Å²) in [6.07, 6.45) is 4.09. The van der Waals surface area contributed by atoms with Gasteiger partial charge < -0.3 is 0 Å². The van der Waals surface area contributed by atoms with Gasteiger partial charge in [0.15, 0.2) is 0 Å². The van der Waals surface area contributed by atoms with E-state index in [-0.39, 0.29) is 0 Å². The fourth-order valence-electron chi connectivity index (χ4n) is 1.80. The van der Waals surface area contributed by atoms with Gasteiger partial charge in [-0.05, 0) is 0 Å². The first-order valence-corrected chi connectivity index (χ1v) is 8.41. The number of carbonyl (C=O) groups excluding carboxylic acids is 3. The summed E-state index contributed by atoms with van der Waals surface area (Å²) >= 11 is -4.45. The Hall–Kier alpha value is -1.40. The zero-order chi connectivity index (χ0) is 14.6. The summed E-state index contributed by atoms with van der Waals surface area (Å²) in [4.78, 5) is 33.9. The van der Waals surface area contributed by atoms with Crippen LogP contribution in [0.1, 0.15) is 34.1 Å². The van der Waals surface area contributed by atoms with Crippen molar-refractivity contribution in [3.63, 3.8) is 0 Å². The topological polar surface area (TPSA) is 78.9 Å². The Kier molecular flexibility index (Phi) is 5.08. The third kappa shape index (κ3) is 4.04. The summed E-state index contributed by atoms with van der Waals surface area (Å²) in [6, 6.07) is 0. The summed E-state index contributed by atoms with van der Waals surface area (Å²) in [5, 5.41) is 0. The summed E-state index contributed by atoms with van der Waals surface area (Å²) in [7, 11) is 0. The van der Waals surface area contributed by atoms with Crippen molar-refractivity contribution in [2.45, 2.75) is 34.1 Å². The van der Waals surface area contributed by atoms with E-state index >= 15 is 0 Å². The van der Waals surface area contributed by atoms with E-state index in [1.54, 1.807) is 6.92 Å². The summed E-state index contributed by atoms with van der Waals surface area (Å²) in [5.74, 6) is -1.93. The minimum absolute atomic E-state index is 0.444. The van der Waals surface area contributed by atoms with Crippen LogP contribution in [0.25, 0.3) is 0 Å². The molecule has 0 fully saturated rings. The molecule has 0 aromatic heterocycles. The molecule has 7 heteroatoms. The van der Waals surface area contributed by atoms with Crippen molar-refractivity contribution in [3.8, 4) is 0 Å². The minimum atomic E-state index is -4.45. The second kappa shape index (κ2) is 6.17. The van der Waals surface area contributed by atoms with Gasteiger partial charge in [0.05, 0.1) is 0 Å². The Balaban J connectivity index is 3.24.